The molecule has 0 fully saturated rings. The number of hydrogen-bond donors (Lipinski definition) is 1. The van der Waals surface area contributed by atoms with Gasteiger partial charge in [0.15, 0.2) is 5.82 Å². The van der Waals surface area contributed by atoms with E-state index in [0.29, 0.717) is 36.4 Å². The van der Waals surface area contributed by atoms with Crippen molar-refractivity contribution in [2.24, 2.45) is 0 Å². The van der Waals surface area contributed by atoms with E-state index in [9.17, 15) is 9.90 Å². The van der Waals surface area contributed by atoms with Crippen LogP contribution in [0.2, 0.25) is 0 Å². The van der Waals surface area contributed by atoms with Gasteiger partial charge in [-0.15, -0.1) is 12.3 Å². The second-order valence-electron chi connectivity index (χ2n) is 7.10. The highest BCUT2D eigenvalue weighted by atomic mass is 16.4. The molecule has 5 heteroatoms. The van der Waals surface area contributed by atoms with Gasteiger partial charge < -0.3 is 5.11 Å². The van der Waals surface area contributed by atoms with Crippen molar-refractivity contribution < 1.29 is 9.90 Å². The van der Waals surface area contributed by atoms with Crippen LogP contribution in [0.5, 0.6) is 0 Å². The number of benzene rings is 2. The van der Waals surface area contributed by atoms with Gasteiger partial charge in [-0.25, -0.2) is 14.5 Å². The lowest BCUT2D eigenvalue weighted by Crippen LogP contribution is -2.06. The van der Waals surface area contributed by atoms with Crippen LogP contribution < -0.4 is 0 Å². The van der Waals surface area contributed by atoms with Crippen molar-refractivity contribution in [3.8, 4) is 23.5 Å². The van der Waals surface area contributed by atoms with Crippen molar-refractivity contribution in [2.75, 3.05) is 0 Å². The Balaban J connectivity index is 1.86. The Bertz CT molecular complexity index is 1030. The van der Waals surface area contributed by atoms with Crippen LogP contribution in [0.3, 0.4) is 0 Å². The second kappa shape index (κ2) is 9.20. The average Bonchev–Trinajstić information content (AvgIpc) is 3.14. The minimum atomic E-state index is -0.927. The van der Waals surface area contributed by atoms with E-state index >= 15 is 0 Å². The van der Waals surface area contributed by atoms with Gasteiger partial charge in [-0.2, -0.15) is 5.10 Å². The molecule has 1 heterocycles. The lowest BCUT2D eigenvalue weighted by molar-refractivity contribution is 0.0697. The number of rotatable bonds is 8. The minimum Gasteiger partial charge on any atom is -0.478 e. The number of hydrogen-bond acceptors (Lipinski definition) is 3. The Kier molecular flexibility index (Phi) is 6.46. The summed E-state index contributed by atoms with van der Waals surface area (Å²) in [7, 11) is 0. The monoisotopic (exact) mass is 387 g/mol. The highest BCUT2D eigenvalue weighted by molar-refractivity contribution is 5.95. The van der Waals surface area contributed by atoms with Gasteiger partial charge >= 0.3 is 5.97 Å². The standard InChI is InChI=1S/C24H25N3O2/c1-4-6-15-27-22(25-23(26-27)17(3)5-2)16-18-11-13-19(14-12-18)20-9-7-8-10-21(20)24(28)29/h1,7-14,17H,5-6,15-16H2,2-3H3,(H,28,29). The summed E-state index contributed by atoms with van der Waals surface area (Å²) in [5.41, 5.74) is 2.97. The van der Waals surface area contributed by atoms with Gasteiger partial charge in [0, 0.05) is 18.8 Å². The van der Waals surface area contributed by atoms with E-state index in [2.05, 4.69) is 24.9 Å². The Labute approximate surface area is 171 Å². The van der Waals surface area contributed by atoms with Crippen molar-refractivity contribution in [3.05, 3.63) is 71.3 Å². The molecule has 0 aliphatic heterocycles. The van der Waals surface area contributed by atoms with E-state index in [1.54, 1.807) is 12.1 Å². The Morgan fingerprint density at radius 3 is 2.59 bits per heavy atom. The van der Waals surface area contributed by atoms with Gasteiger partial charge in [0.1, 0.15) is 5.82 Å². The molecule has 0 radical (unpaired) electrons. The number of carboxylic acids is 1. The fraction of sp³-hybridized carbons (Fsp3) is 0.292. The molecule has 0 aliphatic carbocycles. The van der Waals surface area contributed by atoms with E-state index < -0.39 is 5.97 Å². The van der Waals surface area contributed by atoms with Crippen molar-refractivity contribution in [2.45, 2.75) is 45.6 Å². The van der Waals surface area contributed by atoms with Gasteiger partial charge in [0.2, 0.25) is 0 Å². The molecule has 1 unspecified atom stereocenters. The smallest absolute Gasteiger partial charge is 0.336 e. The topological polar surface area (TPSA) is 68.0 Å². The summed E-state index contributed by atoms with van der Waals surface area (Å²) in [6.45, 7) is 4.90. The summed E-state index contributed by atoms with van der Waals surface area (Å²) in [5.74, 6) is 3.79. The number of aryl methyl sites for hydroxylation is 1. The predicted molar refractivity (Wildman–Crippen MR) is 114 cm³/mol. The molecular weight excluding hydrogens is 362 g/mol. The molecule has 0 amide bonds. The molecule has 0 spiro atoms. The molecule has 29 heavy (non-hydrogen) atoms. The summed E-state index contributed by atoms with van der Waals surface area (Å²) in [6, 6.07) is 15.0. The normalized spacial score (nSPS) is 11.8. The molecule has 5 nitrogen and oxygen atoms in total. The Hall–Kier alpha value is -3.39. The van der Waals surface area contributed by atoms with Crippen LogP contribution in [0.25, 0.3) is 11.1 Å². The van der Waals surface area contributed by atoms with E-state index in [1.807, 2.05) is 41.1 Å². The first kappa shape index (κ1) is 20.3. The van der Waals surface area contributed by atoms with E-state index in [-0.39, 0.29) is 0 Å². The zero-order chi connectivity index (χ0) is 20.8. The molecule has 148 valence electrons. The summed E-state index contributed by atoms with van der Waals surface area (Å²) in [4.78, 5) is 16.2. The van der Waals surface area contributed by atoms with E-state index in [0.717, 1.165) is 29.2 Å². The summed E-state index contributed by atoms with van der Waals surface area (Å²) in [5, 5.41) is 14.1. The third-order valence-electron chi connectivity index (χ3n) is 5.07. The first-order valence-electron chi connectivity index (χ1n) is 9.82. The van der Waals surface area contributed by atoms with Crippen LogP contribution in [0.1, 0.15) is 60.2 Å². The predicted octanol–water partition coefficient (Wildman–Crippen LogP) is 4.77. The van der Waals surface area contributed by atoms with Crippen LogP contribution in [0, 0.1) is 12.3 Å². The lowest BCUT2D eigenvalue weighted by atomic mass is 9.98. The number of aromatic carboxylic acids is 1. The highest BCUT2D eigenvalue weighted by Gasteiger charge is 2.15. The van der Waals surface area contributed by atoms with Crippen LogP contribution in [-0.4, -0.2) is 25.8 Å². The van der Waals surface area contributed by atoms with Crippen LogP contribution >= 0.6 is 0 Å². The number of carboxylic acid groups (broad SMARTS) is 1. The Morgan fingerprint density at radius 1 is 1.21 bits per heavy atom. The van der Waals surface area contributed by atoms with Crippen molar-refractivity contribution in [3.63, 3.8) is 0 Å². The molecule has 3 rings (SSSR count). The maximum atomic E-state index is 11.5. The first-order chi connectivity index (χ1) is 14.0. The number of nitrogens with zero attached hydrogens (tertiary/aromatic N) is 3. The van der Waals surface area contributed by atoms with Crippen molar-refractivity contribution in [1.29, 1.82) is 0 Å². The molecule has 1 N–H and O–H groups in total. The Morgan fingerprint density at radius 2 is 1.93 bits per heavy atom. The second-order valence-corrected chi connectivity index (χ2v) is 7.10. The van der Waals surface area contributed by atoms with Crippen molar-refractivity contribution >= 4 is 5.97 Å². The van der Waals surface area contributed by atoms with Crippen LogP contribution in [0.15, 0.2) is 48.5 Å². The van der Waals surface area contributed by atoms with Gasteiger partial charge in [0.25, 0.3) is 0 Å². The molecule has 3 aromatic rings. The van der Waals surface area contributed by atoms with E-state index in [1.165, 1.54) is 0 Å². The van der Waals surface area contributed by atoms with Crippen molar-refractivity contribution in [1.82, 2.24) is 14.8 Å². The fourth-order valence-electron chi connectivity index (χ4n) is 3.17. The third kappa shape index (κ3) is 4.72. The minimum absolute atomic E-state index is 0.299. The number of carbonyl (C=O) groups is 1. The number of aromatic nitrogens is 3. The van der Waals surface area contributed by atoms with Gasteiger partial charge in [-0.1, -0.05) is 56.3 Å². The number of terminal acetylenes is 1. The molecular formula is C24H25N3O2. The molecule has 1 aromatic heterocycles. The van der Waals surface area contributed by atoms with Crippen LogP contribution in [0.4, 0.5) is 0 Å². The van der Waals surface area contributed by atoms with Gasteiger partial charge in [-0.3, -0.25) is 0 Å². The van der Waals surface area contributed by atoms with Crippen LogP contribution in [-0.2, 0) is 13.0 Å². The highest BCUT2D eigenvalue weighted by Crippen LogP contribution is 2.25. The molecule has 1 atom stereocenters. The molecule has 0 saturated heterocycles. The van der Waals surface area contributed by atoms with Gasteiger partial charge in [0.05, 0.1) is 12.1 Å². The summed E-state index contributed by atoms with van der Waals surface area (Å²) in [6.07, 6.45) is 7.67. The summed E-state index contributed by atoms with van der Waals surface area (Å²) < 4.78 is 1.91. The average molecular weight is 387 g/mol. The zero-order valence-corrected chi connectivity index (χ0v) is 16.8. The molecule has 2 aromatic carbocycles. The first-order valence-corrected chi connectivity index (χ1v) is 9.82. The van der Waals surface area contributed by atoms with Gasteiger partial charge in [-0.05, 0) is 29.2 Å². The fourth-order valence-corrected chi connectivity index (χ4v) is 3.17. The zero-order valence-electron chi connectivity index (χ0n) is 16.8. The quantitative estimate of drug-likeness (QED) is 0.565. The third-order valence-corrected chi connectivity index (χ3v) is 5.07. The molecule has 0 bridgehead atoms. The maximum Gasteiger partial charge on any atom is 0.336 e. The lowest BCUT2D eigenvalue weighted by Gasteiger charge is -2.08. The summed E-state index contributed by atoms with van der Waals surface area (Å²) >= 11 is 0. The maximum absolute atomic E-state index is 11.5. The molecule has 0 aliphatic rings. The SMILES string of the molecule is C#CCCn1nc(C(C)CC)nc1Cc1ccc(-c2ccccc2C(=O)O)cc1. The van der Waals surface area contributed by atoms with E-state index in [4.69, 9.17) is 11.4 Å². The molecule has 0 saturated carbocycles. The largest absolute Gasteiger partial charge is 0.478 e.